The van der Waals surface area contributed by atoms with Gasteiger partial charge in [-0.25, -0.2) is 9.78 Å². The summed E-state index contributed by atoms with van der Waals surface area (Å²) in [6, 6.07) is 1.61. The Morgan fingerprint density at radius 1 is 1.03 bits per heavy atom. The minimum atomic E-state index is -1.29. The number of thiol groups is 1. The lowest BCUT2D eigenvalue weighted by Crippen LogP contribution is -2.58. The molecule has 14 heteroatoms. The van der Waals surface area contributed by atoms with Gasteiger partial charge in [0.05, 0.1) is 12.4 Å². The molecule has 0 radical (unpaired) electrons. The summed E-state index contributed by atoms with van der Waals surface area (Å²) in [6.45, 7) is 0. The van der Waals surface area contributed by atoms with Gasteiger partial charge in [-0.05, 0) is 36.1 Å². The molecule has 1 heterocycles. The van der Waals surface area contributed by atoms with Crippen molar-refractivity contribution < 1.29 is 29.4 Å². The Kier molecular flexibility index (Phi) is 12.3. The van der Waals surface area contributed by atoms with Crippen LogP contribution >= 0.6 is 24.4 Å². The van der Waals surface area contributed by atoms with E-state index in [4.69, 9.17) is 5.73 Å². The van der Waals surface area contributed by atoms with Gasteiger partial charge in [0.2, 0.25) is 17.7 Å². The highest BCUT2D eigenvalue weighted by Crippen LogP contribution is 2.12. The maximum absolute atomic E-state index is 13.2. The number of carbonyl (C=O) groups is 4. The molecule has 0 aliphatic rings. The number of hydrogen-bond acceptors (Lipinski definition) is 9. The molecular weight excluding hydrogens is 520 g/mol. The zero-order valence-electron chi connectivity index (χ0n) is 20.2. The highest BCUT2D eigenvalue weighted by molar-refractivity contribution is 7.98. The molecule has 2 rings (SSSR count). The van der Waals surface area contributed by atoms with Gasteiger partial charge in [-0.1, -0.05) is 12.1 Å². The number of H-pyrrole nitrogens is 1. The number of benzene rings is 1. The summed E-state index contributed by atoms with van der Waals surface area (Å²) in [7, 11) is 0. The van der Waals surface area contributed by atoms with Gasteiger partial charge in [0.15, 0.2) is 0 Å². The number of nitrogens with zero attached hydrogens (tertiary/aromatic N) is 1. The predicted octanol–water partition coefficient (Wildman–Crippen LogP) is -0.550. The number of aromatic amines is 1. The van der Waals surface area contributed by atoms with E-state index in [2.05, 4.69) is 38.5 Å². The molecule has 1 aromatic heterocycles. The van der Waals surface area contributed by atoms with E-state index < -0.39 is 47.9 Å². The van der Waals surface area contributed by atoms with Crippen LogP contribution in [0.4, 0.5) is 0 Å². The second-order valence-electron chi connectivity index (χ2n) is 8.24. The summed E-state index contributed by atoms with van der Waals surface area (Å²) >= 11 is 5.49. The highest BCUT2D eigenvalue weighted by atomic mass is 32.2. The van der Waals surface area contributed by atoms with Gasteiger partial charge in [0.1, 0.15) is 23.9 Å². The van der Waals surface area contributed by atoms with Crippen LogP contribution in [0.15, 0.2) is 36.8 Å². The number of carboxylic acids is 1. The van der Waals surface area contributed by atoms with Crippen LogP contribution in [-0.2, 0) is 32.0 Å². The molecule has 1 aromatic carbocycles. The van der Waals surface area contributed by atoms with Crippen molar-refractivity contribution in [1.82, 2.24) is 25.9 Å². The number of carboxylic acid groups (broad SMARTS) is 1. The zero-order chi connectivity index (χ0) is 27.4. The number of aliphatic carboxylic acids is 1. The fraction of sp³-hybridized carbons (Fsp3) is 0.435. The first kappa shape index (κ1) is 30.0. The van der Waals surface area contributed by atoms with Crippen molar-refractivity contribution in [3.63, 3.8) is 0 Å². The third-order valence-corrected chi connectivity index (χ3v) is 6.42. The van der Waals surface area contributed by atoms with Gasteiger partial charge in [-0.15, -0.1) is 0 Å². The van der Waals surface area contributed by atoms with Crippen molar-refractivity contribution in [2.24, 2.45) is 5.73 Å². The molecule has 37 heavy (non-hydrogen) atoms. The summed E-state index contributed by atoms with van der Waals surface area (Å²) in [5.41, 5.74) is 6.84. The first-order valence-electron chi connectivity index (χ1n) is 11.4. The first-order valence-corrected chi connectivity index (χ1v) is 13.4. The number of carbonyl (C=O) groups excluding carboxylic acids is 3. The number of phenols is 1. The van der Waals surface area contributed by atoms with E-state index in [1.165, 1.54) is 36.4 Å². The van der Waals surface area contributed by atoms with Crippen molar-refractivity contribution in [2.75, 3.05) is 17.8 Å². The SMILES string of the molecule is CSCCC(NC(=O)C(N)CS)C(=O)NC(Cc1cnc[nH]1)C(=O)NC(Cc1ccc(O)cc1)C(=O)O. The molecule has 8 N–H and O–H groups in total. The Bertz CT molecular complexity index is 1040. The lowest BCUT2D eigenvalue weighted by atomic mass is 10.0. The summed E-state index contributed by atoms with van der Waals surface area (Å²) in [5, 5.41) is 26.8. The van der Waals surface area contributed by atoms with Crippen molar-refractivity contribution in [1.29, 1.82) is 0 Å². The topological polar surface area (TPSA) is 200 Å². The Morgan fingerprint density at radius 3 is 2.22 bits per heavy atom. The molecular formula is C23H32N6O6S2. The molecule has 2 aromatic rings. The molecule has 0 aliphatic carbocycles. The van der Waals surface area contributed by atoms with Crippen LogP contribution in [-0.4, -0.2) is 85.8 Å². The number of aromatic hydroxyl groups is 1. The normalized spacial score (nSPS) is 14.1. The van der Waals surface area contributed by atoms with E-state index in [9.17, 15) is 29.4 Å². The number of aromatic nitrogens is 2. The summed E-state index contributed by atoms with van der Waals surface area (Å²) < 4.78 is 0. The average Bonchev–Trinajstić information content (AvgIpc) is 3.39. The molecule has 0 bridgehead atoms. The van der Waals surface area contributed by atoms with Crippen LogP contribution in [0.25, 0.3) is 0 Å². The van der Waals surface area contributed by atoms with Crippen LogP contribution in [0, 0.1) is 0 Å². The lowest BCUT2D eigenvalue weighted by molar-refractivity contribution is -0.142. The third kappa shape index (κ3) is 9.98. The molecule has 4 atom stereocenters. The second-order valence-corrected chi connectivity index (χ2v) is 9.59. The van der Waals surface area contributed by atoms with Crippen LogP contribution in [0.5, 0.6) is 5.75 Å². The maximum atomic E-state index is 13.2. The zero-order valence-corrected chi connectivity index (χ0v) is 21.9. The van der Waals surface area contributed by atoms with Crippen molar-refractivity contribution in [3.8, 4) is 5.75 Å². The smallest absolute Gasteiger partial charge is 0.326 e. The van der Waals surface area contributed by atoms with Crippen molar-refractivity contribution in [2.45, 2.75) is 43.4 Å². The Labute approximate surface area is 224 Å². The minimum absolute atomic E-state index is 0.00245. The molecule has 0 saturated carbocycles. The Hall–Kier alpha value is -3.23. The minimum Gasteiger partial charge on any atom is -0.508 e. The van der Waals surface area contributed by atoms with E-state index in [0.717, 1.165) is 0 Å². The van der Waals surface area contributed by atoms with Crippen molar-refractivity contribution in [3.05, 3.63) is 48.0 Å². The highest BCUT2D eigenvalue weighted by Gasteiger charge is 2.30. The van der Waals surface area contributed by atoms with Crippen LogP contribution in [0.1, 0.15) is 17.7 Å². The van der Waals surface area contributed by atoms with E-state index in [-0.39, 0.29) is 30.8 Å². The number of hydrogen-bond donors (Lipinski definition) is 8. The standard InChI is InChI=1S/C23H32N6O6S2/c1-37-7-6-17(27-20(31)16(24)11-36)21(32)28-18(9-14-10-25-12-26-14)22(33)29-19(23(34)35)8-13-2-4-15(30)5-3-13/h2-5,10,12,16-19,30,36H,6-9,11,24H2,1H3,(H,25,26)(H,27,31)(H,28,32)(H,29,33)(H,34,35). The maximum Gasteiger partial charge on any atom is 0.326 e. The summed E-state index contributed by atoms with van der Waals surface area (Å²) in [5.74, 6) is -2.48. The van der Waals surface area contributed by atoms with Gasteiger partial charge in [-0.2, -0.15) is 24.4 Å². The number of rotatable bonds is 15. The number of imidazole rings is 1. The average molecular weight is 553 g/mol. The predicted molar refractivity (Wildman–Crippen MR) is 142 cm³/mol. The monoisotopic (exact) mass is 552 g/mol. The number of nitrogens with two attached hydrogens (primary N) is 1. The summed E-state index contributed by atoms with van der Waals surface area (Å²) in [4.78, 5) is 57.3. The molecule has 4 unspecified atom stereocenters. The molecule has 0 fully saturated rings. The van der Waals surface area contributed by atoms with E-state index in [1.807, 2.05) is 6.26 Å². The number of amides is 3. The second kappa shape index (κ2) is 15.1. The van der Waals surface area contributed by atoms with Crippen LogP contribution in [0.2, 0.25) is 0 Å². The van der Waals surface area contributed by atoms with Gasteiger partial charge in [0.25, 0.3) is 0 Å². The van der Waals surface area contributed by atoms with Crippen LogP contribution in [0.3, 0.4) is 0 Å². The van der Waals surface area contributed by atoms with Gasteiger partial charge in [0, 0.05) is 30.5 Å². The molecule has 0 saturated heterocycles. The van der Waals surface area contributed by atoms with Gasteiger partial charge < -0.3 is 36.9 Å². The van der Waals surface area contributed by atoms with E-state index >= 15 is 0 Å². The number of thioether (sulfide) groups is 1. The molecule has 0 spiro atoms. The molecule has 12 nitrogen and oxygen atoms in total. The van der Waals surface area contributed by atoms with E-state index in [1.54, 1.807) is 12.1 Å². The Balaban J connectivity index is 2.19. The van der Waals surface area contributed by atoms with Crippen molar-refractivity contribution >= 4 is 48.1 Å². The van der Waals surface area contributed by atoms with E-state index in [0.29, 0.717) is 17.0 Å². The molecule has 202 valence electrons. The number of nitrogens with one attached hydrogen (secondary N) is 4. The van der Waals surface area contributed by atoms with Gasteiger partial charge >= 0.3 is 5.97 Å². The first-order chi connectivity index (χ1) is 17.6. The largest absolute Gasteiger partial charge is 0.508 e. The molecule has 3 amide bonds. The molecule has 0 aliphatic heterocycles. The third-order valence-electron chi connectivity index (χ3n) is 5.38. The van der Waals surface area contributed by atoms with Gasteiger partial charge in [-0.3, -0.25) is 14.4 Å². The Morgan fingerprint density at radius 2 is 1.65 bits per heavy atom. The quantitative estimate of drug-likeness (QED) is 0.134. The fourth-order valence-corrected chi connectivity index (χ4v) is 3.94. The van der Waals surface area contributed by atoms with Crippen LogP contribution < -0.4 is 21.7 Å². The lowest BCUT2D eigenvalue weighted by Gasteiger charge is -2.25. The summed E-state index contributed by atoms with van der Waals surface area (Å²) in [6.07, 6.45) is 5.00. The fourth-order valence-electron chi connectivity index (χ4n) is 3.30. The number of phenolic OH excluding ortho intramolecular Hbond substituents is 1.